The van der Waals surface area contributed by atoms with Gasteiger partial charge >= 0.3 is 0 Å². The number of H-pyrrole nitrogens is 1. The van der Waals surface area contributed by atoms with Gasteiger partial charge in [-0.25, -0.2) is 9.97 Å². The summed E-state index contributed by atoms with van der Waals surface area (Å²) in [5.74, 6) is 0.997. The zero-order valence-electron chi connectivity index (χ0n) is 7.44. The van der Waals surface area contributed by atoms with E-state index in [0.29, 0.717) is 23.1 Å². The molecule has 0 aliphatic rings. The van der Waals surface area contributed by atoms with Crippen LogP contribution < -0.4 is 10.6 Å². The third kappa shape index (κ3) is 1.26. The average molecular weight is 178 g/mol. The van der Waals surface area contributed by atoms with Crippen molar-refractivity contribution in [3.63, 3.8) is 0 Å². The smallest absolute Gasteiger partial charge is 0.226 e. The topological polar surface area (TPSA) is 83.7 Å². The van der Waals surface area contributed by atoms with E-state index in [1.54, 1.807) is 6.20 Å². The van der Waals surface area contributed by atoms with Crippen LogP contribution in [0.15, 0.2) is 6.20 Å². The number of nitrogen functional groups attached to an aromatic ring is 1. The number of rotatable bonds is 1. The Morgan fingerprint density at radius 2 is 2.15 bits per heavy atom. The maximum atomic E-state index is 5.47. The molecule has 0 aromatic carbocycles. The first-order valence-electron chi connectivity index (χ1n) is 3.82. The van der Waals surface area contributed by atoms with Crippen LogP contribution in [0.3, 0.4) is 0 Å². The molecule has 13 heavy (non-hydrogen) atoms. The van der Waals surface area contributed by atoms with Gasteiger partial charge in [-0.3, -0.25) is 0 Å². The number of nitrogens with one attached hydrogen (secondary N) is 1. The molecule has 0 radical (unpaired) electrons. The zero-order valence-corrected chi connectivity index (χ0v) is 7.44. The van der Waals surface area contributed by atoms with Crippen molar-refractivity contribution in [2.24, 2.45) is 0 Å². The molecule has 0 aliphatic carbocycles. The Labute approximate surface area is 74.8 Å². The lowest BCUT2D eigenvalue weighted by atomic mass is 10.5. The van der Waals surface area contributed by atoms with Gasteiger partial charge < -0.3 is 15.6 Å². The van der Waals surface area contributed by atoms with E-state index in [4.69, 9.17) is 5.73 Å². The van der Waals surface area contributed by atoms with Crippen molar-refractivity contribution in [3.05, 3.63) is 6.20 Å². The van der Waals surface area contributed by atoms with Crippen LogP contribution in [0.25, 0.3) is 11.2 Å². The third-order valence-electron chi connectivity index (χ3n) is 1.64. The van der Waals surface area contributed by atoms with Gasteiger partial charge in [0.15, 0.2) is 11.6 Å². The first-order chi connectivity index (χ1) is 6.16. The van der Waals surface area contributed by atoms with Gasteiger partial charge in [-0.15, -0.1) is 0 Å². The van der Waals surface area contributed by atoms with Crippen LogP contribution in [0.1, 0.15) is 0 Å². The molecule has 3 N–H and O–H groups in total. The SMILES string of the molecule is CN(C)c1ncc2nc(N)[nH]c2n1. The summed E-state index contributed by atoms with van der Waals surface area (Å²) in [7, 11) is 3.75. The lowest BCUT2D eigenvalue weighted by Crippen LogP contribution is -2.12. The summed E-state index contributed by atoms with van der Waals surface area (Å²) in [4.78, 5) is 17.0. The van der Waals surface area contributed by atoms with E-state index >= 15 is 0 Å². The Morgan fingerprint density at radius 3 is 2.85 bits per heavy atom. The molecule has 0 atom stereocenters. The van der Waals surface area contributed by atoms with Gasteiger partial charge in [0.05, 0.1) is 6.20 Å². The summed E-state index contributed by atoms with van der Waals surface area (Å²) in [5, 5.41) is 0. The normalized spacial score (nSPS) is 10.6. The summed E-state index contributed by atoms with van der Waals surface area (Å²) in [6.45, 7) is 0. The van der Waals surface area contributed by atoms with Crippen LogP contribution in [-0.2, 0) is 0 Å². The second-order valence-corrected chi connectivity index (χ2v) is 2.92. The van der Waals surface area contributed by atoms with Gasteiger partial charge in [0, 0.05) is 14.1 Å². The fraction of sp³-hybridized carbons (Fsp3) is 0.286. The number of hydrogen-bond acceptors (Lipinski definition) is 5. The Bertz CT molecular complexity index is 431. The van der Waals surface area contributed by atoms with Crippen molar-refractivity contribution in [1.29, 1.82) is 0 Å². The van der Waals surface area contributed by atoms with Crippen molar-refractivity contribution in [3.8, 4) is 0 Å². The van der Waals surface area contributed by atoms with Crippen LogP contribution in [-0.4, -0.2) is 34.0 Å². The Kier molecular flexibility index (Phi) is 1.54. The zero-order chi connectivity index (χ0) is 9.42. The van der Waals surface area contributed by atoms with Crippen molar-refractivity contribution in [1.82, 2.24) is 19.9 Å². The van der Waals surface area contributed by atoms with Crippen LogP contribution in [0, 0.1) is 0 Å². The predicted molar refractivity (Wildman–Crippen MR) is 50.4 cm³/mol. The first-order valence-corrected chi connectivity index (χ1v) is 3.82. The highest BCUT2D eigenvalue weighted by atomic mass is 15.2. The Hall–Kier alpha value is -1.85. The molecule has 2 heterocycles. The largest absolute Gasteiger partial charge is 0.369 e. The minimum Gasteiger partial charge on any atom is -0.369 e. The predicted octanol–water partition coefficient (Wildman–Crippen LogP) is 0.00110. The van der Waals surface area contributed by atoms with Gasteiger partial charge in [-0.2, -0.15) is 4.98 Å². The number of fused-ring (bicyclic) bond motifs is 1. The van der Waals surface area contributed by atoms with E-state index in [0.717, 1.165) is 0 Å². The molecule has 0 bridgehead atoms. The highest BCUT2D eigenvalue weighted by Gasteiger charge is 2.04. The minimum atomic E-state index is 0.361. The maximum Gasteiger partial charge on any atom is 0.226 e. The third-order valence-corrected chi connectivity index (χ3v) is 1.64. The quantitative estimate of drug-likeness (QED) is 0.642. The van der Waals surface area contributed by atoms with Crippen LogP contribution in [0.4, 0.5) is 11.9 Å². The minimum absolute atomic E-state index is 0.361. The van der Waals surface area contributed by atoms with E-state index in [9.17, 15) is 0 Å². The summed E-state index contributed by atoms with van der Waals surface area (Å²) < 4.78 is 0. The molecule has 0 saturated carbocycles. The number of nitrogens with zero attached hydrogens (tertiary/aromatic N) is 4. The Balaban J connectivity index is 2.61. The molecule has 0 aliphatic heterocycles. The van der Waals surface area contributed by atoms with E-state index < -0.39 is 0 Å². The molecule has 0 fully saturated rings. The molecule has 6 heteroatoms. The van der Waals surface area contributed by atoms with E-state index in [-0.39, 0.29) is 0 Å². The van der Waals surface area contributed by atoms with Crippen molar-refractivity contribution in [2.75, 3.05) is 24.7 Å². The molecule has 0 saturated heterocycles. The number of aromatic amines is 1. The Morgan fingerprint density at radius 1 is 1.38 bits per heavy atom. The van der Waals surface area contributed by atoms with Crippen LogP contribution >= 0.6 is 0 Å². The van der Waals surface area contributed by atoms with E-state index in [1.807, 2.05) is 19.0 Å². The molecular formula is C7H10N6. The molecule has 0 unspecified atom stereocenters. The van der Waals surface area contributed by atoms with Gasteiger partial charge in [0.1, 0.15) is 5.52 Å². The fourth-order valence-corrected chi connectivity index (χ4v) is 1.03. The molecular weight excluding hydrogens is 168 g/mol. The molecule has 0 spiro atoms. The molecule has 0 amide bonds. The molecule has 2 rings (SSSR count). The highest BCUT2D eigenvalue weighted by Crippen LogP contribution is 2.11. The summed E-state index contributed by atoms with van der Waals surface area (Å²) in [5.41, 5.74) is 6.82. The molecule has 6 nitrogen and oxygen atoms in total. The van der Waals surface area contributed by atoms with Crippen LogP contribution in [0.2, 0.25) is 0 Å². The maximum absolute atomic E-state index is 5.47. The number of imidazole rings is 1. The number of hydrogen-bond donors (Lipinski definition) is 2. The van der Waals surface area contributed by atoms with E-state index in [2.05, 4.69) is 19.9 Å². The fourth-order valence-electron chi connectivity index (χ4n) is 1.03. The average Bonchev–Trinajstić information content (AvgIpc) is 2.42. The van der Waals surface area contributed by atoms with Gasteiger partial charge in [0.2, 0.25) is 5.95 Å². The lowest BCUT2D eigenvalue weighted by Gasteiger charge is -2.07. The molecule has 68 valence electrons. The second-order valence-electron chi connectivity index (χ2n) is 2.92. The summed E-state index contributed by atoms with van der Waals surface area (Å²) in [6.07, 6.45) is 1.64. The van der Waals surface area contributed by atoms with Gasteiger partial charge in [-0.05, 0) is 0 Å². The van der Waals surface area contributed by atoms with E-state index in [1.165, 1.54) is 0 Å². The van der Waals surface area contributed by atoms with Gasteiger partial charge in [-0.1, -0.05) is 0 Å². The summed E-state index contributed by atoms with van der Waals surface area (Å²) in [6, 6.07) is 0. The molecule has 2 aromatic heterocycles. The standard InChI is InChI=1S/C7H10N6/c1-13(2)7-9-3-4-5(12-7)11-6(8)10-4/h3H,1-2H3,(H3,8,9,10,11,12). The first kappa shape index (κ1) is 7.78. The van der Waals surface area contributed by atoms with Crippen molar-refractivity contribution in [2.45, 2.75) is 0 Å². The lowest BCUT2D eigenvalue weighted by molar-refractivity contribution is 1.01. The number of anilines is 2. The number of nitrogens with two attached hydrogens (primary N) is 1. The van der Waals surface area contributed by atoms with Crippen LogP contribution in [0.5, 0.6) is 0 Å². The van der Waals surface area contributed by atoms with Crippen molar-refractivity contribution < 1.29 is 0 Å². The highest BCUT2D eigenvalue weighted by molar-refractivity contribution is 5.72. The molecule has 2 aromatic rings. The van der Waals surface area contributed by atoms with Crippen molar-refractivity contribution >= 4 is 23.1 Å². The second kappa shape index (κ2) is 2.58. The number of aromatic nitrogens is 4. The van der Waals surface area contributed by atoms with Gasteiger partial charge in [0.25, 0.3) is 0 Å². The summed E-state index contributed by atoms with van der Waals surface area (Å²) >= 11 is 0. The monoisotopic (exact) mass is 178 g/mol.